The number of aromatic carboxylic acids is 1. The Hall–Kier alpha value is -2.67. The molecule has 0 aliphatic rings. The minimum Gasteiger partial charge on any atom is -0.478 e. The van der Waals surface area contributed by atoms with Crippen molar-refractivity contribution < 1.29 is 24.0 Å². The van der Waals surface area contributed by atoms with Gasteiger partial charge in [0.05, 0.1) is 16.0 Å². The maximum absolute atomic E-state index is 13.1. The third-order valence-electron chi connectivity index (χ3n) is 2.53. The molecule has 0 saturated carbocycles. The summed E-state index contributed by atoms with van der Waals surface area (Å²) in [5.41, 5.74) is -0.896. The van der Waals surface area contributed by atoms with Gasteiger partial charge in [-0.1, -0.05) is 17.7 Å². The molecule has 0 atom stereocenters. The lowest BCUT2D eigenvalue weighted by molar-refractivity contribution is -0.385. The van der Waals surface area contributed by atoms with Gasteiger partial charge in [-0.25, -0.2) is 9.18 Å². The summed E-state index contributed by atoms with van der Waals surface area (Å²) in [6.07, 6.45) is 0. The number of hydrogen-bond donors (Lipinski definition) is 1. The highest BCUT2D eigenvalue weighted by atomic mass is 35.5. The van der Waals surface area contributed by atoms with E-state index in [2.05, 4.69) is 0 Å². The normalized spacial score (nSPS) is 10.2. The molecule has 2 rings (SSSR count). The summed E-state index contributed by atoms with van der Waals surface area (Å²) in [5, 5.41) is 19.9. The fourth-order valence-electron chi connectivity index (χ4n) is 1.61. The quantitative estimate of drug-likeness (QED) is 0.683. The molecule has 8 heteroatoms. The van der Waals surface area contributed by atoms with Crippen molar-refractivity contribution in [1.82, 2.24) is 0 Å². The summed E-state index contributed by atoms with van der Waals surface area (Å²) < 4.78 is 18.3. The standard InChI is InChI=1S/C13H7ClFNO5/c14-9-3-1-2-8(13(17)18)12(9)21-11-5-4-7(15)6-10(11)16(19)20/h1-6H,(H,17,18). The van der Waals surface area contributed by atoms with Gasteiger partial charge >= 0.3 is 11.7 Å². The molecule has 0 radical (unpaired) electrons. The highest BCUT2D eigenvalue weighted by Gasteiger charge is 2.21. The number of nitro groups is 1. The first-order valence-electron chi connectivity index (χ1n) is 5.53. The number of carboxylic acid groups (broad SMARTS) is 1. The lowest BCUT2D eigenvalue weighted by Crippen LogP contribution is -2.02. The molecule has 1 N–H and O–H groups in total. The van der Waals surface area contributed by atoms with E-state index in [9.17, 15) is 19.3 Å². The van der Waals surface area contributed by atoms with Crippen molar-refractivity contribution in [1.29, 1.82) is 0 Å². The molecule has 21 heavy (non-hydrogen) atoms. The Balaban J connectivity index is 2.53. The second-order valence-electron chi connectivity index (χ2n) is 3.89. The van der Waals surface area contributed by atoms with Gasteiger partial charge in [0.15, 0.2) is 5.75 Å². The molecule has 2 aromatic carbocycles. The summed E-state index contributed by atoms with van der Waals surface area (Å²) in [4.78, 5) is 21.1. The number of nitro benzene ring substituents is 1. The van der Waals surface area contributed by atoms with Gasteiger partial charge in [0.2, 0.25) is 5.75 Å². The maximum Gasteiger partial charge on any atom is 0.339 e. The average molecular weight is 312 g/mol. The van der Waals surface area contributed by atoms with E-state index in [1.54, 1.807) is 0 Å². The Kier molecular flexibility index (Phi) is 4.04. The van der Waals surface area contributed by atoms with E-state index in [1.807, 2.05) is 0 Å². The third kappa shape index (κ3) is 3.09. The van der Waals surface area contributed by atoms with Crippen molar-refractivity contribution >= 4 is 23.3 Å². The van der Waals surface area contributed by atoms with Crippen LogP contribution in [-0.4, -0.2) is 16.0 Å². The number of carbonyl (C=O) groups is 1. The largest absolute Gasteiger partial charge is 0.478 e. The molecule has 0 fully saturated rings. The zero-order valence-corrected chi connectivity index (χ0v) is 11.0. The van der Waals surface area contributed by atoms with E-state index < -0.39 is 22.4 Å². The van der Waals surface area contributed by atoms with Crippen molar-refractivity contribution in [3.63, 3.8) is 0 Å². The Morgan fingerprint density at radius 3 is 2.67 bits per heavy atom. The topological polar surface area (TPSA) is 89.7 Å². The van der Waals surface area contributed by atoms with Crippen LogP contribution in [-0.2, 0) is 0 Å². The summed E-state index contributed by atoms with van der Waals surface area (Å²) in [6.45, 7) is 0. The van der Waals surface area contributed by atoms with Gasteiger partial charge in [-0.15, -0.1) is 0 Å². The average Bonchev–Trinajstić information content (AvgIpc) is 2.42. The van der Waals surface area contributed by atoms with Gasteiger partial charge in [0.25, 0.3) is 0 Å². The zero-order chi connectivity index (χ0) is 15.6. The Labute approximate surface area is 122 Å². The highest BCUT2D eigenvalue weighted by Crippen LogP contribution is 2.37. The van der Waals surface area contributed by atoms with Crippen LogP contribution < -0.4 is 4.74 Å². The molecule has 0 amide bonds. The van der Waals surface area contributed by atoms with Gasteiger partial charge in [0.1, 0.15) is 11.4 Å². The number of hydrogen-bond acceptors (Lipinski definition) is 4. The predicted molar refractivity (Wildman–Crippen MR) is 71.5 cm³/mol. The van der Waals surface area contributed by atoms with Crippen LogP contribution in [0.25, 0.3) is 0 Å². The Morgan fingerprint density at radius 1 is 1.33 bits per heavy atom. The fraction of sp³-hybridized carbons (Fsp3) is 0. The van der Waals surface area contributed by atoms with E-state index in [1.165, 1.54) is 18.2 Å². The smallest absolute Gasteiger partial charge is 0.339 e. The monoisotopic (exact) mass is 311 g/mol. The number of ether oxygens (including phenoxy) is 1. The summed E-state index contributed by atoms with van der Waals surface area (Å²) in [7, 11) is 0. The van der Waals surface area contributed by atoms with E-state index >= 15 is 0 Å². The molecular formula is C13H7ClFNO5. The molecule has 108 valence electrons. The summed E-state index contributed by atoms with van der Waals surface area (Å²) >= 11 is 5.85. The SMILES string of the molecule is O=C(O)c1cccc(Cl)c1Oc1ccc(F)cc1[N+](=O)[O-]. The molecule has 0 saturated heterocycles. The molecule has 2 aromatic rings. The van der Waals surface area contributed by atoms with Gasteiger partial charge < -0.3 is 9.84 Å². The number of para-hydroxylation sites is 1. The zero-order valence-electron chi connectivity index (χ0n) is 10.2. The number of nitrogens with zero attached hydrogens (tertiary/aromatic N) is 1. The van der Waals surface area contributed by atoms with E-state index in [0.29, 0.717) is 6.07 Å². The molecule has 0 aliphatic heterocycles. The third-order valence-corrected chi connectivity index (χ3v) is 2.82. The van der Waals surface area contributed by atoms with E-state index in [4.69, 9.17) is 21.4 Å². The molecule has 6 nitrogen and oxygen atoms in total. The van der Waals surface area contributed by atoms with Crippen LogP contribution in [0, 0.1) is 15.9 Å². The van der Waals surface area contributed by atoms with Crippen molar-refractivity contribution in [2.75, 3.05) is 0 Å². The second-order valence-corrected chi connectivity index (χ2v) is 4.30. The molecule has 0 aliphatic carbocycles. The second kappa shape index (κ2) is 5.76. The number of halogens is 2. The van der Waals surface area contributed by atoms with Gasteiger partial charge in [-0.2, -0.15) is 0 Å². The minimum atomic E-state index is -1.31. The Bertz CT molecular complexity index is 734. The fourth-order valence-corrected chi connectivity index (χ4v) is 1.82. The number of benzene rings is 2. The Morgan fingerprint density at radius 2 is 2.05 bits per heavy atom. The van der Waals surface area contributed by atoms with Gasteiger partial charge in [0, 0.05) is 0 Å². The van der Waals surface area contributed by atoms with Crippen molar-refractivity contribution in [2.24, 2.45) is 0 Å². The van der Waals surface area contributed by atoms with Crippen LogP contribution in [0.3, 0.4) is 0 Å². The van der Waals surface area contributed by atoms with Crippen LogP contribution in [0.2, 0.25) is 5.02 Å². The lowest BCUT2D eigenvalue weighted by atomic mass is 10.2. The first-order chi connectivity index (χ1) is 9.90. The van der Waals surface area contributed by atoms with Crippen molar-refractivity contribution in [3.05, 3.63) is 62.9 Å². The van der Waals surface area contributed by atoms with Crippen molar-refractivity contribution in [3.8, 4) is 11.5 Å². The highest BCUT2D eigenvalue weighted by molar-refractivity contribution is 6.32. The first kappa shape index (κ1) is 14.7. The van der Waals surface area contributed by atoms with Crippen LogP contribution >= 0.6 is 11.6 Å². The summed E-state index contributed by atoms with van der Waals surface area (Å²) in [5.74, 6) is -2.68. The molecular weight excluding hydrogens is 305 g/mol. The molecule has 0 aromatic heterocycles. The van der Waals surface area contributed by atoms with Gasteiger partial charge in [-0.05, 0) is 24.3 Å². The predicted octanol–water partition coefficient (Wildman–Crippen LogP) is 3.88. The lowest BCUT2D eigenvalue weighted by Gasteiger charge is -2.10. The van der Waals surface area contributed by atoms with Crippen LogP contribution in [0.4, 0.5) is 10.1 Å². The van der Waals surface area contributed by atoms with E-state index in [-0.39, 0.29) is 22.1 Å². The molecule has 0 spiro atoms. The van der Waals surface area contributed by atoms with Crippen LogP contribution in [0.1, 0.15) is 10.4 Å². The van der Waals surface area contributed by atoms with Crippen LogP contribution in [0.5, 0.6) is 11.5 Å². The van der Waals surface area contributed by atoms with E-state index in [0.717, 1.165) is 12.1 Å². The van der Waals surface area contributed by atoms with Crippen LogP contribution in [0.15, 0.2) is 36.4 Å². The van der Waals surface area contributed by atoms with Gasteiger partial charge in [-0.3, -0.25) is 10.1 Å². The number of rotatable bonds is 4. The molecule has 0 bridgehead atoms. The summed E-state index contributed by atoms with van der Waals surface area (Å²) in [6, 6.07) is 6.67. The first-order valence-corrected chi connectivity index (χ1v) is 5.91. The van der Waals surface area contributed by atoms with Crippen molar-refractivity contribution in [2.45, 2.75) is 0 Å². The molecule has 0 unspecified atom stereocenters. The maximum atomic E-state index is 13.1. The number of carboxylic acids is 1. The molecule has 0 heterocycles. The minimum absolute atomic E-state index is 0.0338.